The third kappa shape index (κ3) is 8.05. The van der Waals surface area contributed by atoms with Crippen LogP contribution in [0.15, 0.2) is 156 Å². The maximum Gasteiger partial charge on any atom is 0 e. The predicted octanol–water partition coefficient (Wildman–Crippen LogP) is 15.8. The van der Waals surface area contributed by atoms with Gasteiger partial charge in [0.05, 0.1) is 28.1 Å². The van der Waals surface area contributed by atoms with Gasteiger partial charge >= 0.3 is 160 Å². The second-order valence-corrected chi connectivity index (χ2v) is 29.7. The number of fused-ring (bicyclic) bond motifs is 8. The number of hydrogen-bond donors (Lipinski definition) is 0. The van der Waals surface area contributed by atoms with Gasteiger partial charge in [-0.05, 0) is 65.7 Å². The van der Waals surface area contributed by atoms with Crippen LogP contribution in [0, 0.1) is 30.7 Å². The molecule has 7 aromatic carbocycles. The molecule has 0 spiro atoms. The minimum absolute atomic E-state index is 0. The summed E-state index contributed by atoms with van der Waals surface area (Å²) in [6.45, 7) is 5.94. The van der Waals surface area contributed by atoms with Gasteiger partial charge in [0.25, 0.3) is 0 Å². The molecule has 337 valence electrons. The van der Waals surface area contributed by atoms with Crippen LogP contribution in [0.1, 0.15) is 32.2 Å². The zero-order valence-corrected chi connectivity index (χ0v) is 43.4. The SMILES string of the molecule is Cc1ccc(-n2c(-c3[c-]ccc4c3sc3nc5ccc(F)cc5cc34)nc3ccccc32)c2oc3ccccc3c12.[2H]C(C)(C)c1cc(-c2[c-]cc(F)c(-c3ccccc3)c2)nc[c]1[Ge]([CH3])([CH3])[CH3].[Ir]. The molecule has 0 bridgehead atoms. The van der Waals surface area contributed by atoms with E-state index in [9.17, 15) is 8.78 Å². The molecule has 68 heavy (non-hydrogen) atoms. The van der Waals surface area contributed by atoms with Gasteiger partial charge in [-0.3, -0.25) is 4.98 Å². The molecule has 0 aliphatic rings. The van der Waals surface area contributed by atoms with Crippen molar-refractivity contribution in [2.24, 2.45) is 0 Å². The third-order valence-electron chi connectivity index (χ3n) is 12.4. The number of thiophene rings is 1. The summed E-state index contributed by atoms with van der Waals surface area (Å²) in [5.74, 6) is 6.43. The number of aromatic nitrogens is 4. The minimum Gasteiger partial charge on any atom is 0 e. The summed E-state index contributed by atoms with van der Waals surface area (Å²) < 4.78 is 48.0. The molecule has 0 saturated carbocycles. The van der Waals surface area contributed by atoms with Crippen LogP contribution < -0.4 is 4.40 Å². The average molecular weight is 1150 g/mol. The quantitative estimate of drug-likeness (QED) is 0.123. The second-order valence-electron chi connectivity index (χ2n) is 18.2. The zero-order valence-electron chi connectivity index (χ0n) is 39.1. The van der Waals surface area contributed by atoms with Crippen LogP contribution in [0.3, 0.4) is 0 Å². The van der Waals surface area contributed by atoms with Crippen molar-refractivity contribution in [1.29, 1.82) is 0 Å². The van der Waals surface area contributed by atoms with E-state index in [1.54, 1.807) is 23.5 Å². The van der Waals surface area contributed by atoms with Crippen LogP contribution in [0.25, 0.3) is 104 Å². The van der Waals surface area contributed by atoms with Crippen molar-refractivity contribution < 1.29 is 34.7 Å². The van der Waals surface area contributed by atoms with Gasteiger partial charge in [0, 0.05) is 41.7 Å². The first-order valence-electron chi connectivity index (χ1n) is 22.7. The van der Waals surface area contributed by atoms with Gasteiger partial charge in [-0.25, -0.2) is 9.37 Å². The number of benzene rings is 7. The molecule has 5 nitrogen and oxygen atoms in total. The van der Waals surface area contributed by atoms with Gasteiger partial charge in [0.2, 0.25) is 0 Å². The number of halogens is 2. The van der Waals surface area contributed by atoms with Crippen molar-refractivity contribution in [1.82, 2.24) is 19.5 Å². The van der Waals surface area contributed by atoms with Crippen molar-refractivity contribution in [2.45, 2.75) is 43.9 Å². The average Bonchev–Trinajstić information content (AvgIpc) is 4.03. The van der Waals surface area contributed by atoms with Crippen LogP contribution in [0.4, 0.5) is 8.78 Å². The van der Waals surface area contributed by atoms with E-state index < -0.39 is 19.2 Å². The summed E-state index contributed by atoms with van der Waals surface area (Å²) in [6, 6.07) is 52.5. The van der Waals surface area contributed by atoms with E-state index in [0.29, 0.717) is 5.56 Å². The molecule has 5 heterocycles. The summed E-state index contributed by atoms with van der Waals surface area (Å²) >= 11 is -0.558. The monoisotopic (exact) mass is 1150 g/mol. The number of furan rings is 1. The Morgan fingerprint density at radius 3 is 2.37 bits per heavy atom. The van der Waals surface area contributed by atoms with E-state index in [1.165, 1.54) is 22.6 Å². The van der Waals surface area contributed by atoms with Crippen LogP contribution in [-0.2, 0) is 20.1 Å². The predicted molar refractivity (Wildman–Crippen MR) is 276 cm³/mol. The van der Waals surface area contributed by atoms with Gasteiger partial charge in [-0.2, -0.15) is 11.3 Å². The number of aryl methyl sites for hydroxylation is 1. The molecule has 5 aromatic heterocycles. The molecular formula is C58H44F2GeIrN4OS-2. The standard InChI is InChI=1S/C35H19FN3OS.C23H25FGeN.Ir/c1-19-13-16-29(32-31(19)23-7-2-5-12-30(23)40-32)39-28-11-4-3-10-27(28)37-34(39)24-9-6-8-22-25-18-20-17-21(36)14-15-26(20)38-35(25)41-33(22)24;1-16(2)19-14-23(26-15-22(19)25(3,4)5)18-11-12-21(24)20(13-18)17-9-7-6-8-10-17;/h2-8,10-18H,1H3;6-10,12-16H,1-5H3;/q2*-1;/i;16D;. The topological polar surface area (TPSA) is 56.7 Å². The molecular weight excluding hydrogens is 1100 g/mol. The van der Waals surface area contributed by atoms with Crippen LogP contribution >= 0.6 is 11.3 Å². The Kier molecular flexibility index (Phi) is 11.7. The molecule has 0 aliphatic heterocycles. The molecule has 1 radical (unpaired) electrons. The largest absolute Gasteiger partial charge is 0 e. The Hall–Kier alpha value is -6.36. The first-order valence-corrected chi connectivity index (χ1v) is 30.4. The number of rotatable bonds is 6. The van der Waals surface area contributed by atoms with Gasteiger partial charge in [-0.15, -0.1) is 18.2 Å². The van der Waals surface area contributed by atoms with Crippen molar-refractivity contribution in [3.8, 4) is 39.5 Å². The van der Waals surface area contributed by atoms with Crippen molar-refractivity contribution in [3.63, 3.8) is 0 Å². The fraction of sp³-hybridized carbons (Fsp3) is 0.121. The first-order chi connectivity index (χ1) is 32.7. The van der Waals surface area contributed by atoms with E-state index in [0.717, 1.165) is 109 Å². The van der Waals surface area contributed by atoms with Crippen molar-refractivity contribution >= 4 is 93.2 Å². The van der Waals surface area contributed by atoms with Gasteiger partial charge < -0.3 is 8.98 Å². The van der Waals surface area contributed by atoms with E-state index in [4.69, 9.17) is 15.8 Å². The number of nitrogens with zero attached hydrogens (tertiary/aromatic N) is 4. The summed E-state index contributed by atoms with van der Waals surface area (Å²) in [5.41, 5.74) is 11.2. The van der Waals surface area contributed by atoms with Crippen molar-refractivity contribution in [2.75, 3.05) is 0 Å². The first kappa shape index (κ1) is 44.2. The fourth-order valence-corrected chi connectivity index (χ4v) is 13.6. The van der Waals surface area contributed by atoms with Crippen LogP contribution in [0.5, 0.6) is 0 Å². The van der Waals surface area contributed by atoms with Gasteiger partial charge in [0.15, 0.2) is 5.58 Å². The van der Waals surface area contributed by atoms with Gasteiger partial charge in [-0.1, -0.05) is 47.3 Å². The second kappa shape index (κ2) is 17.9. The normalized spacial score (nSPS) is 12.2. The van der Waals surface area contributed by atoms with Crippen molar-refractivity contribution in [3.05, 3.63) is 187 Å². The summed E-state index contributed by atoms with van der Waals surface area (Å²) in [4.78, 5) is 15.6. The summed E-state index contributed by atoms with van der Waals surface area (Å²) in [5, 5.41) is 5.03. The Bertz CT molecular complexity index is 3950. The fourth-order valence-electron chi connectivity index (χ4n) is 9.13. The molecule has 0 saturated heterocycles. The van der Waals surface area contributed by atoms with E-state index in [-0.39, 0.29) is 31.7 Å². The molecule has 12 aromatic rings. The Labute approximate surface area is 414 Å². The van der Waals surface area contributed by atoms with E-state index in [1.807, 2.05) is 105 Å². The minimum atomic E-state index is -2.17. The number of imidazole rings is 1. The Morgan fingerprint density at radius 1 is 0.779 bits per heavy atom. The third-order valence-corrected chi connectivity index (χ3v) is 17.8. The van der Waals surface area contributed by atoms with Crippen LogP contribution in [0.2, 0.25) is 17.3 Å². The Morgan fingerprint density at radius 2 is 1.56 bits per heavy atom. The Balaban J connectivity index is 0.000000173. The maximum atomic E-state index is 14.4. The number of para-hydroxylation sites is 3. The molecule has 10 heteroatoms. The zero-order chi connectivity index (χ0) is 47.1. The van der Waals surface area contributed by atoms with E-state index >= 15 is 0 Å². The molecule has 0 aliphatic carbocycles. The smallest absolute Gasteiger partial charge is 0 e. The summed E-state index contributed by atoms with van der Waals surface area (Å²) in [6.07, 6.45) is 1.93. The van der Waals surface area contributed by atoms with Gasteiger partial charge in [0.1, 0.15) is 16.2 Å². The number of pyridine rings is 2. The summed E-state index contributed by atoms with van der Waals surface area (Å²) in [7, 11) is 0. The molecule has 12 rings (SSSR count). The maximum absolute atomic E-state index is 14.4. The van der Waals surface area contributed by atoms with E-state index in [2.05, 4.69) is 76.2 Å². The molecule has 0 amide bonds. The molecule has 0 atom stereocenters. The number of hydrogen-bond acceptors (Lipinski definition) is 5. The molecule has 0 unspecified atom stereocenters. The molecule has 0 N–H and O–H groups in total. The van der Waals surface area contributed by atoms with Crippen LogP contribution in [-0.4, -0.2) is 32.8 Å². The molecule has 0 fully saturated rings.